The first-order valence-corrected chi connectivity index (χ1v) is 6.92. The normalized spacial score (nSPS) is 15.0. The Labute approximate surface area is 123 Å². The highest BCUT2D eigenvalue weighted by Crippen LogP contribution is 2.23. The average molecular weight is 283 g/mol. The lowest BCUT2D eigenvalue weighted by atomic mass is 10.0. The molecule has 1 saturated heterocycles. The zero-order valence-corrected chi connectivity index (χ0v) is 11.6. The number of benzene rings is 1. The van der Waals surface area contributed by atoms with Crippen LogP contribution in [0, 0.1) is 0 Å². The lowest BCUT2D eigenvalue weighted by Crippen LogP contribution is -2.44. The second-order valence-corrected chi connectivity index (χ2v) is 4.92. The van der Waals surface area contributed by atoms with Crippen LogP contribution in [0.25, 0.3) is 11.1 Å². The van der Waals surface area contributed by atoms with Crippen molar-refractivity contribution >= 4 is 11.9 Å². The Morgan fingerprint density at radius 1 is 1.14 bits per heavy atom. The second kappa shape index (κ2) is 5.88. The molecular formula is C15H17N5O. The Bertz CT molecular complexity index is 635. The van der Waals surface area contributed by atoms with Gasteiger partial charge < -0.3 is 16.0 Å². The fourth-order valence-corrected chi connectivity index (χ4v) is 2.44. The number of primary amides is 1. The van der Waals surface area contributed by atoms with E-state index in [9.17, 15) is 4.79 Å². The highest BCUT2D eigenvalue weighted by Gasteiger charge is 2.14. The minimum Gasteiger partial charge on any atom is -0.366 e. The van der Waals surface area contributed by atoms with E-state index >= 15 is 0 Å². The summed E-state index contributed by atoms with van der Waals surface area (Å²) in [5.74, 6) is 0.272. The van der Waals surface area contributed by atoms with Crippen molar-refractivity contribution < 1.29 is 4.79 Å². The highest BCUT2D eigenvalue weighted by atomic mass is 16.1. The fourth-order valence-electron chi connectivity index (χ4n) is 2.44. The molecule has 0 atom stereocenters. The van der Waals surface area contributed by atoms with Gasteiger partial charge in [-0.3, -0.25) is 4.79 Å². The van der Waals surface area contributed by atoms with Crippen LogP contribution in [-0.4, -0.2) is 42.1 Å². The molecule has 1 fully saturated rings. The van der Waals surface area contributed by atoms with Crippen molar-refractivity contribution in [3.63, 3.8) is 0 Å². The maximum absolute atomic E-state index is 11.5. The minimum atomic E-state index is -0.447. The Morgan fingerprint density at radius 2 is 1.81 bits per heavy atom. The number of nitrogens with zero attached hydrogens (tertiary/aromatic N) is 3. The first-order chi connectivity index (χ1) is 10.3. The summed E-state index contributed by atoms with van der Waals surface area (Å²) in [6.07, 6.45) is 3.48. The van der Waals surface area contributed by atoms with Crippen LogP contribution in [0.1, 0.15) is 10.4 Å². The zero-order chi connectivity index (χ0) is 14.7. The molecule has 3 N–H and O–H groups in total. The average Bonchev–Trinajstić information content (AvgIpc) is 2.56. The molecule has 1 aromatic carbocycles. The van der Waals surface area contributed by atoms with E-state index in [1.54, 1.807) is 24.5 Å². The van der Waals surface area contributed by atoms with Crippen molar-refractivity contribution in [3.05, 3.63) is 42.2 Å². The molecule has 0 radical (unpaired) electrons. The van der Waals surface area contributed by atoms with Gasteiger partial charge in [0.25, 0.3) is 0 Å². The number of carbonyl (C=O) groups is 1. The van der Waals surface area contributed by atoms with Crippen molar-refractivity contribution in [2.24, 2.45) is 5.73 Å². The molecule has 2 heterocycles. The van der Waals surface area contributed by atoms with Gasteiger partial charge in [-0.25, -0.2) is 9.97 Å². The number of rotatable bonds is 3. The lowest BCUT2D eigenvalue weighted by molar-refractivity contribution is 0.100. The van der Waals surface area contributed by atoms with Crippen molar-refractivity contribution in [2.75, 3.05) is 31.1 Å². The minimum absolute atomic E-state index is 0.447. The molecule has 0 spiro atoms. The quantitative estimate of drug-likeness (QED) is 0.864. The SMILES string of the molecule is NC(=O)c1ccccc1-c1cnc(N2CCNCC2)nc1. The van der Waals surface area contributed by atoms with Crippen LogP contribution in [0.5, 0.6) is 0 Å². The smallest absolute Gasteiger partial charge is 0.249 e. The summed E-state index contributed by atoms with van der Waals surface area (Å²) in [6, 6.07) is 7.22. The number of anilines is 1. The van der Waals surface area contributed by atoms with Gasteiger partial charge in [0, 0.05) is 49.7 Å². The number of piperazine rings is 1. The van der Waals surface area contributed by atoms with Crippen LogP contribution in [0.2, 0.25) is 0 Å². The van der Waals surface area contributed by atoms with Gasteiger partial charge in [0.05, 0.1) is 0 Å². The number of nitrogens with one attached hydrogen (secondary N) is 1. The third-order valence-corrected chi connectivity index (χ3v) is 3.54. The topological polar surface area (TPSA) is 84.1 Å². The molecule has 2 aromatic rings. The number of hydrogen-bond acceptors (Lipinski definition) is 5. The predicted octanol–water partition coefficient (Wildman–Crippen LogP) is 0.652. The molecule has 0 unspecified atom stereocenters. The Balaban J connectivity index is 1.89. The van der Waals surface area contributed by atoms with Gasteiger partial charge in [-0.05, 0) is 11.6 Å². The van der Waals surface area contributed by atoms with Crippen LogP contribution >= 0.6 is 0 Å². The Hall–Kier alpha value is -2.47. The van der Waals surface area contributed by atoms with Crippen LogP contribution in [0.15, 0.2) is 36.7 Å². The van der Waals surface area contributed by atoms with E-state index in [-0.39, 0.29) is 0 Å². The first kappa shape index (κ1) is 13.5. The monoisotopic (exact) mass is 283 g/mol. The van der Waals surface area contributed by atoms with Crippen molar-refractivity contribution in [1.29, 1.82) is 0 Å². The largest absolute Gasteiger partial charge is 0.366 e. The maximum atomic E-state index is 11.5. The van der Waals surface area contributed by atoms with Crippen molar-refractivity contribution in [1.82, 2.24) is 15.3 Å². The third kappa shape index (κ3) is 2.85. The first-order valence-electron chi connectivity index (χ1n) is 6.92. The molecule has 1 aromatic heterocycles. The summed E-state index contributed by atoms with van der Waals surface area (Å²) in [6.45, 7) is 3.68. The van der Waals surface area contributed by atoms with E-state index in [1.807, 2.05) is 12.1 Å². The summed E-state index contributed by atoms with van der Waals surface area (Å²) < 4.78 is 0. The molecule has 0 bridgehead atoms. The van der Waals surface area contributed by atoms with E-state index in [2.05, 4.69) is 20.2 Å². The molecule has 21 heavy (non-hydrogen) atoms. The lowest BCUT2D eigenvalue weighted by Gasteiger charge is -2.27. The molecule has 108 valence electrons. The summed E-state index contributed by atoms with van der Waals surface area (Å²) in [5.41, 5.74) is 7.44. The number of carbonyl (C=O) groups excluding carboxylic acids is 1. The van der Waals surface area contributed by atoms with Gasteiger partial charge in [0.1, 0.15) is 0 Å². The Morgan fingerprint density at radius 3 is 2.48 bits per heavy atom. The Kier molecular flexibility index (Phi) is 3.79. The van der Waals surface area contributed by atoms with E-state index in [0.717, 1.165) is 43.3 Å². The number of aromatic nitrogens is 2. The molecule has 0 saturated carbocycles. The van der Waals surface area contributed by atoms with Gasteiger partial charge in [-0.2, -0.15) is 0 Å². The molecule has 1 aliphatic rings. The van der Waals surface area contributed by atoms with Gasteiger partial charge in [0.15, 0.2) is 0 Å². The standard InChI is InChI=1S/C15H17N5O/c16-14(21)13-4-2-1-3-12(13)11-9-18-15(19-10-11)20-7-5-17-6-8-20/h1-4,9-10,17H,5-8H2,(H2,16,21). The summed E-state index contributed by atoms with van der Waals surface area (Å²) in [7, 11) is 0. The summed E-state index contributed by atoms with van der Waals surface area (Å²) in [4.78, 5) is 22.4. The third-order valence-electron chi connectivity index (χ3n) is 3.54. The molecule has 0 aliphatic carbocycles. The zero-order valence-electron chi connectivity index (χ0n) is 11.6. The molecule has 1 aliphatic heterocycles. The van der Waals surface area contributed by atoms with Gasteiger partial charge in [-0.1, -0.05) is 18.2 Å². The second-order valence-electron chi connectivity index (χ2n) is 4.92. The maximum Gasteiger partial charge on any atom is 0.249 e. The van der Waals surface area contributed by atoms with E-state index < -0.39 is 5.91 Å². The highest BCUT2D eigenvalue weighted by molar-refractivity contribution is 5.99. The molecule has 3 rings (SSSR count). The molecule has 1 amide bonds. The molecule has 6 heteroatoms. The fraction of sp³-hybridized carbons (Fsp3) is 0.267. The predicted molar refractivity (Wildman–Crippen MR) is 81.1 cm³/mol. The van der Waals surface area contributed by atoms with Crippen LogP contribution in [-0.2, 0) is 0 Å². The summed E-state index contributed by atoms with van der Waals surface area (Å²) in [5, 5.41) is 3.29. The van der Waals surface area contributed by atoms with Crippen molar-refractivity contribution in [3.8, 4) is 11.1 Å². The molecule has 6 nitrogen and oxygen atoms in total. The number of nitrogens with two attached hydrogens (primary N) is 1. The summed E-state index contributed by atoms with van der Waals surface area (Å²) >= 11 is 0. The van der Waals surface area contributed by atoms with E-state index in [1.165, 1.54) is 0 Å². The van der Waals surface area contributed by atoms with Crippen molar-refractivity contribution in [2.45, 2.75) is 0 Å². The van der Waals surface area contributed by atoms with Gasteiger partial charge in [-0.15, -0.1) is 0 Å². The van der Waals surface area contributed by atoms with Crippen LogP contribution in [0.4, 0.5) is 5.95 Å². The van der Waals surface area contributed by atoms with E-state index in [4.69, 9.17) is 5.73 Å². The van der Waals surface area contributed by atoms with Gasteiger partial charge in [0.2, 0.25) is 11.9 Å². The number of hydrogen-bond donors (Lipinski definition) is 2. The van der Waals surface area contributed by atoms with Crippen LogP contribution < -0.4 is 16.0 Å². The van der Waals surface area contributed by atoms with Crippen LogP contribution in [0.3, 0.4) is 0 Å². The van der Waals surface area contributed by atoms with Gasteiger partial charge >= 0.3 is 0 Å². The molecular weight excluding hydrogens is 266 g/mol. The number of amides is 1. The van der Waals surface area contributed by atoms with E-state index in [0.29, 0.717) is 5.56 Å².